The van der Waals surface area contributed by atoms with Gasteiger partial charge in [-0.25, -0.2) is 9.48 Å². The van der Waals surface area contributed by atoms with Crippen molar-refractivity contribution >= 4 is 6.09 Å². The number of ether oxygens (including phenoxy) is 1. The lowest BCUT2D eigenvalue weighted by molar-refractivity contribution is -0.137. The summed E-state index contributed by atoms with van der Waals surface area (Å²) in [5.41, 5.74) is 1.17. The predicted octanol–water partition coefficient (Wildman–Crippen LogP) is 3.48. The van der Waals surface area contributed by atoms with E-state index < -0.39 is 30.0 Å². The third kappa shape index (κ3) is 4.66. The van der Waals surface area contributed by atoms with Gasteiger partial charge in [0, 0.05) is 24.5 Å². The highest BCUT2D eigenvalue weighted by atomic mass is 19.4. The first-order valence-electron chi connectivity index (χ1n) is 9.39. The Labute approximate surface area is 174 Å². The molecule has 31 heavy (non-hydrogen) atoms. The summed E-state index contributed by atoms with van der Waals surface area (Å²) in [4.78, 5) is 16.7. The molecule has 0 bridgehead atoms. The van der Waals surface area contributed by atoms with Crippen LogP contribution in [0, 0.1) is 0 Å². The fraction of sp³-hybridized carbons (Fsp3) is 0.300. The Kier molecular flexibility index (Phi) is 5.59. The van der Waals surface area contributed by atoms with E-state index in [1.54, 1.807) is 29.3 Å². The molecule has 8 nitrogen and oxygen atoms in total. The van der Waals surface area contributed by atoms with Crippen LogP contribution in [0.25, 0.3) is 11.3 Å². The molecule has 0 aliphatic carbocycles. The fourth-order valence-corrected chi connectivity index (χ4v) is 3.41. The van der Waals surface area contributed by atoms with Gasteiger partial charge in [-0.2, -0.15) is 13.2 Å². The van der Waals surface area contributed by atoms with Gasteiger partial charge in [-0.15, -0.1) is 5.10 Å². The Morgan fingerprint density at radius 2 is 1.97 bits per heavy atom. The van der Waals surface area contributed by atoms with E-state index in [0.717, 1.165) is 17.7 Å². The number of benzene rings is 1. The van der Waals surface area contributed by atoms with Crippen LogP contribution in [0.3, 0.4) is 0 Å². The molecule has 0 radical (unpaired) electrons. The quantitative estimate of drug-likeness (QED) is 0.662. The minimum atomic E-state index is -4.41. The summed E-state index contributed by atoms with van der Waals surface area (Å²) in [6, 6.07) is 7.85. The molecule has 162 valence electrons. The smallest absolute Gasteiger partial charge is 0.416 e. The minimum Gasteiger partial charge on any atom is -0.465 e. The number of pyridine rings is 1. The second kappa shape index (κ2) is 8.34. The predicted molar refractivity (Wildman–Crippen MR) is 102 cm³/mol. The highest BCUT2D eigenvalue weighted by Crippen LogP contribution is 2.30. The molecule has 1 aliphatic rings. The van der Waals surface area contributed by atoms with Gasteiger partial charge in [-0.1, -0.05) is 17.3 Å². The fourth-order valence-electron chi connectivity index (χ4n) is 3.41. The Morgan fingerprint density at radius 1 is 1.19 bits per heavy atom. The van der Waals surface area contributed by atoms with E-state index in [1.165, 1.54) is 17.0 Å². The Bertz CT molecular complexity index is 1040. The molecule has 1 fully saturated rings. The van der Waals surface area contributed by atoms with Crippen molar-refractivity contribution in [2.24, 2.45) is 0 Å². The number of hydrogen-bond donors (Lipinski definition) is 1. The van der Waals surface area contributed by atoms with Gasteiger partial charge < -0.3 is 14.7 Å². The van der Waals surface area contributed by atoms with Gasteiger partial charge in [0.2, 0.25) is 0 Å². The Morgan fingerprint density at radius 3 is 2.61 bits per heavy atom. The maximum absolute atomic E-state index is 12.7. The van der Waals surface area contributed by atoms with Crippen LogP contribution in [0.15, 0.2) is 55.0 Å². The molecule has 4 rings (SSSR count). The van der Waals surface area contributed by atoms with Gasteiger partial charge >= 0.3 is 12.3 Å². The highest BCUT2D eigenvalue weighted by Gasteiger charge is 2.38. The van der Waals surface area contributed by atoms with Crippen LogP contribution < -0.4 is 0 Å². The van der Waals surface area contributed by atoms with E-state index in [4.69, 9.17) is 4.74 Å². The standard InChI is InChI=1S/C20H18F3N5O3/c21-20(22,23)15-5-3-13(4-6-15)12-31-18-11-27(19(29)30)10-17(18)28-9-16(25-26-28)14-2-1-7-24-8-14/h1-9,17-18H,10-12H2,(H,29,30)/t17-,18-/m1/s1. The SMILES string of the molecule is O=C(O)N1C[C@@H](n2cc(-c3cccnc3)nn2)[C@H](OCc2ccc(C(F)(F)F)cc2)C1. The third-order valence-corrected chi connectivity index (χ3v) is 5.06. The van der Waals surface area contributed by atoms with Gasteiger partial charge in [0.25, 0.3) is 0 Å². The molecule has 3 aromatic rings. The Hall–Kier alpha value is -3.47. The number of amides is 1. The summed E-state index contributed by atoms with van der Waals surface area (Å²) >= 11 is 0. The second-order valence-electron chi connectivity index (χ2n) is 7.12. The molecular formula is C20H18F3N5O3. The molecule has 1 saturated heterocycles. The highest BCUT2D eigenvalue weighted by molar-refractivity contribution is 5.65. The first kappa shape index (κ1) is 20.8. The molecule has 0 unspecified atom stereocenters. The molecule has 2 atom stereocenters. The van der Waals surface area contributed by atoms with Crippen molar-refractivity contribution in [3.05, 3.63) is 66.1 Å². The maximum Gasteiger partial charge on any atom is 0.416 e. The number of alkyl halides is 3. The normalized spacial score (nSPS) is 19.0. The van der Waals surface area contributed by atoms with Crippen LogP contribution in [0.5, 0.6) is 0 Å². The van der Waals surface area contributed by atoms with Crippen LogP contribution in [-0.4, -0.2) is 55.3 Å². The van der Waals surface area contributed by atoms with Crippen molar-refractivity contribution in [1.82, 2.24) is 24.9 Å². The van der Waals surface area contributed by atoms with E-state index in [0.29, 0.717) is 11.3 Å². The van der Waals surface area contributed by atoms with E-state index in [9.17, 15) is 23.1 Å². The molecule has 11 heteroatoms. The first-order chi connectivity index (χ1) is 14.8. The van der Waals surface area contributed by atoms with Gasteiger partial charge in [-0.05, 0) is 29.8 Å². The number of halogens is 3. The summed E-state index contributed by atoms with van der Waals surface area (Å²) in [6.45, 7) is 0.308. The van der Waals surface area contributed by atoms with Crippen molar-refractivity contribution in [3.8, 4) is 11.3 Å². The lowest BCUT2D eigenvalue weighted by Crippen LogP contribution is -2.28. The van der Waals surface area contributed by atoms with Crippen LogP contribution in [0.4, 0.5) is 18.0 Å². The largest absolute Gasteiger partial charge is 0.465 e. The molecular weight excluding hydrogens is 415 g/mol. The molecule has 1 amide bonds. The number of likely N-dealkylation sites (tertiary alicyclic amines) is 1. The number of carbonyl (C=O) groups is 1. The zero-order valence-corrected chi connectivity index (χ0v) is 16.1. The monoisotopic (exact) mass is 433 g/mol. The molecule has 1 aliphatic heterocycles. The zero-order valence-electron chi connectivity index (χ0n) is 16.1. The topological polar surface area (TPSA) is 93.4 Å². The molecule has 0 spiro atoms. The van der Waals surface area contributed by atoms with E-state index in [1.807, 2.05) is 6.07 Å². The van der Waals surface area contributed by atoms with Gasteiger partial charge in [0.15, 0.2) is 0 Å². The Balaban J connectivity index is 1.49. The third-order valence-electron chi connectivity index (χ3n) is 5.06. The van der Waals surface area contributed by atoms with Crippen LogP contribution in [-0.2, 0) is 17.5 Å². The van der Waals surface area contributed by atoms with Crippen molar-refractivity contribution in [1.29, 1.82) is 0 Å². The van der Waals surface area contributed by atoms with E-state index in [2.05, 4.69) is 15.3 Å². The number of hydrogen-bond acceptors (Lipinski definition) is 5. The molecule has 2 aromatic heterocycles. The average molecular weight is 433 g/mol. The molecule has 3 heterocycles. The molecule has 0 saturated carbocycles. The average Bonchev–Trinajstić information content (AvgIpc) is 3.40. The van der Waals surface area contributed by atoms with Crippen molar-refractivity contribution < 1.29 is 27.8 Å². The van der Waals surface area contributed by atoms with E-state index in [-0.39, 0.29) is 19.7 Å². The van der Waals surface area contributed by atoms with Crippen molar-refractivity contribution in [3.63, 3.8) is 0 Å². The number of nitrogens with zero attached hydrogens (tertiary/aromatic N) is 5. The number of carboxylic acid groups (broad SMARTS) is 1. The van der Waals surface area contributed by atoms with Gasteiger partial charge in [0.1, 0.15) is 5.69 Å². The van der Waals surface area contributed by atoms with Gasteiger partial charge in [0.05, 0.1) is 37.1 Å². The first-order valence-corrected chi connectivity index (χ1v) is 9.39. The van der Waals surface area contributed by atoms with Crippen LogP contribution in [0.2, 0.25) is 0 Å². The summed E-state index contributed by atoms with van der Waals surface area (Å²) in [5, 5.41) is 17.6. The second-order valence-corrected chi connectivity index (χ2v) is 7.12. The number of rotatable bonds is 5. The summed E-state index contributed by atoms with van der Waals surface area (Å²) in [6.07, 6.45) is -1.05. The van der Waals surface area contributed by atoms with Crippen molar-refractivity contribution in [2.75, 3.05) is 13.1 Å². The summed E-state index contributed by atoms with van der Waals surface area (Å²) in [5.74, 6) is 0. The lowest BCUT2D eigenvalue weighted by Gasteiger charge is -2.18. The molecule has 1 aromatic carbocycles. The summed E-state index contributed by atoms with van der Waals surface area (Å²) < 4.78 is 45.6. The molecule has 1 N–H and O–H groups in total. The lowest BCUT2D eigenvalue weighted by atomic mass is 10.1. The van der Waals surface area contributed by atoms with Crippen LogP contribution >= 0.6 is 0 Å². The van der Waals surface area contributed by atoms with Crippen molar-refractivity contribution in [2.45, 2.75) is 24.9 Å². The minimum absolute atomic E-state index is 0.0386. The zero-order chi connectivity index (χ0) is 22.0. The van der Waals surface area contributed by atoms with E-state index >= 15 is 0 Å². The number of aromatic nitrogens is 4. The summed E-state index contributed by atoms with van der Waals surface area (Å²) in [7, 11) is 0. The van der Waals surface area contributed by atoms with Crippen LogP contribution in [0.1, 0.15) is 17.2 Å². The maximum atomic E-state index is 12.7. The van der Waals surface area contributed by atoms with Gasteiger partial charge in [-0.3, -0.25) is 4.98 Å².